The summed E-state index contributed by atoms with van der Waals surface area (Å²) in [4.78, 5) is 12.3. The van der Waals surface area contributed by atoms with E-state index in [0.717, 1.165) is 17.1 Å². The van der Waals surface area contributed by atoms with Crippen LogP contribution in [-0.4, -0.2) is 39.7 Å². The molecule has 6 nitrogen and oxygen atoms in total. The van der Waals surface area contributed by atoms with Crippen LogP contribution in [0.2, 0.25) is 0 Å². The van der Waals surface area contributed by atoms with Gasteiger partial charge in [-0.2, -0.15) is 0 Å². The van der Waals surface area contributed by atoms with E-state index in [2.05, 4.69) is 0 Å². The molecule has 1 rings (SSSR count). The molecule has 7 heteroatoms. The summed E-state index contributed by atoms with van der Waals surface area (Å²) >= 11 is 1.62. The van der Waals surface area contributed by atoms with Crippen molar-refractivity contribution >= 4 is 17.7 Å². The van der Waals surface area contributed by atoms with E-state index < -0.39 is 5.97 Å². The first kappa shape index (κ1) is 19.0. The van der Waals surface area contributed by atoms with Gasteiger partial charge in [-0.25, -0.2) is 4.79 Å². The minimum absolute atomic E-state index is 0.347. The van der Waals surface area contributed by atoms with Crippen LogP contribution in [0.1, 0.15) is 13.3 Å². The van der Waals surface area contributed by atoms with Crippen molar-refractivity contribution in [1.29, 1.82) is 0 Å². The van der Waals surface area contributed by atoms with Crippen LogP contribution in [0, 0.1) is 0 Å². The van der Waals surface area contributed by atoms with Crippen LogP contribution >= 0.6 is 11.8 Å². The molecule has 0 aliphatic heterocycles. The number of nitrogens with two attached hydrogens (primary N) is 1. The maximum Gasteiger partial charge on any atom is 0.332 e. The molecular formula is C16H23NO5S. The lowest BCUT2D eigenvalue weighted by atomic mass is 10.3. The van der Waals surface area contributed by atoms with Gasteiger partial charge in [-0.3, -0.25) is 0 Å². The Morgan fingerprint density at radius 2 is 1.78 bits per heavy atom. The third-order valence-corrected chi connectivity index (χ3v) is 3.85. The fourth-order valence-electron chi connectivity index (χ4n) is 1.79. The zero-order chi connectivity index (χ0) is 17.2. The molecule has 0 heterocycles. The molecule has 0 aliphatic rings. The first-order valence-corrected chi connectivity index (χ1v) is 8.03. The predicted molar refractivity (Wildman–Crippen MR) is 90.3 cm³/mol. The van der Waals surface area contributed by atoms with Gasteiger partial charge in [-0.15, -0.1) is 11.8 Å². The molecule has 0 saturated heterocycles. The zero-order valence-corrected chi connectivity index (χ0v) is 14.7. The quantitative estimate of drug-likeness (QED) is 0.320. The van der Waals surface area contributed by atoms with Gasteiger partial charge in [0.2, 0.25) is 5.75 Å². The first-order chi connectivity index (χ1) is 11.0. The molecule has 0 aromatic heterocycles. The van der Waals surface area contributed by atoms with E-state index in [9.17, 15) is 4.79 Å². The number of allylic oxidation sites excluding steroid dienone is 1. The standard InChI is InChI=1S/C16H23NO5S/c1-11(17)8-15(18)22-6-5-7-23-12-9-13(19-2)16(21-4)14(10-12)20-3/h8-10H,5-7,17H2,1-4H3/b11-8-. The molecule has 0 aliphatic carbocycles. The minimum Gasteiger partial charge on any atom is -0.493 e. The lowest BCUT2D eigenvalue weighted by Gasteiger charge is -2.13. The van der Waals surface area contributed by atoms with Gasteiger partial charge in [0.25, 0.3) is 0 Å². The Morgan fingerprint density at radius 1 is 1.17 bits per heavy atom. The third-order valence-electron chi connectivity index (χ3n) is 2.79. The second-order valence-corrected chi connectivity index (χ2v) is 5.79. The number of thioether (sulfide) groups is 1. The van der Waals surface area contributed by atoms with Gasteiger partial charge >= 0.3 is 5.97 Å². The molecule has 1 aromatic rings. The van der Waals surface area contributed by atoms with Crippen LogP contribution in [0.15, 0.2) is 28.8 Å². The van der Waals surface area contributed by atoms with Crippen LogP contribution in [0.25, 0.3) is 0 Å². The van der Waals surface area contributed by atoms with Crippen molar-refractivity contribution in [3.05, 3.63) is 23.9 Å². The summed E-state index contributed by atoms with van der Waals surface area (Å²) in [6, 6.07) is 3.77. The molecule has 2 N–H and O–H groups in total. The number of hydrogen-bond donors (Lipinski definition) is 1. The average Bonchev–Trinajstić information content (AvgIpc) is 2.52. The van der Waals surface area contributed by atoms with Gasteiger partial charge in [-0.05, 0) is 25.5 Å². The summed E-state index contributed by atoms with van der Waals surface area (Å²) in [5, 5.41) is 0. The zero-order valence-electron chi connectivity index (χ0n) is 13.9. The number of benzene rings is 1. The highest BCUT2D eigenvalue weighted by Crippen LogP contribution is 2.40. The van der Waals surface area contributed by atoms with Crippen molar-refractivity contribution in [3.63, 3.8) is 0 Å². The second kappa shape index (κ2) is 9.89. The summed E-state index contributed by atoms with van der Waals surface area (Å²) in [6.07, 6.45) is 2.00. The topological polar surface area (TPSA) is 80.0 Å². The van der Waals surface area contributed by atoms with E-state index in [1.54, 1.807) is 40.0 Å². The van der Waals surface area contributed by atoms with E-state index in [1.807, 2.05) is 12.1 Å². The summed E-state index contributed by atoms with van der Waals surface area (Å²) in [5.74, 6) is 2.17. The van der Waals surface area contributed by atoms with Crippen LogP contribution < -0.4 is 19.9 Å². The van der Waals surface area contributed by atoms with Crippen LogP contribution in [0.4, 0.5) is 0 Å². The van der Waals surface area contributed by atoms with Crippen molar-refractivity contribution in [2.75, 3.05) is 33.7 Å². The molecule has 0 bridgehead atoms. The van der Waals surface area contributed by atoms with Crippen LogP contribution in [0.5, 0.6) is 17.2 Å². The number of rotatable bonds is 9. The maximum atomic E-state index is 11.3. The number of carbonyl (C=O) groups excluding carboxylic acids is 1. The Balaban J connectivity index is 2.52. The van der Waals surface area contributed by atoms with E-state index in [0.29, 0.717) is 29.6 Å². The normalized spacial score (nSPS) is 11.0. The Kier molecular flexibility index (Phi) is 8.18. The van der Waals surface area contributed by atoms with Gasteiger partial charge < -0.3 is 24.7 Å². The summed E-state index contributed by atoms with van der Waals surface area (Å²) < 4.78 is 20.9. The number of hydrogen-bond acceptors (Lipinski definition) is 7. The van der Waals surface area contributed by atoms with E-state index in [-0.39, 0.29) is 0 Å². The van der Waals surface area contributed by atoms with E-state index in [1.165, 1.54) is 6.08 Å². The van der Waals surface area contributed by atoms with Gasteiger partial charge in [0, 0.05) is 22.4 Å². The highest BCUT2D eigenvalue weighted by atomic mass is 32.2. The predicted octanol–water partition coefficient (Wildman–Crippen LogP) is 2.60. The van der Waals surface area contributed by atoms with Gasteiger partial charge in [0.1, 0.15) is 0 Å². The van der Waals surface area contributed by atoms with Crippen molar-refractivity contribution < 1.29 is 23.7 Å². The lowest BCUT2D eigenvalue weighted by Crippen LogP contribution is -2.06. The molecule has 0 radical (unpaired) electrons. The van der Waals surface area contributed by atoms with Gasteiger partial charge in [-0.1, -0.05) is 0 Å². The molecule has 0 unspecified atom stereocenters. The average molecular weight is 341 g/mol. The molecule has 0 atom stereocenters. The summed E-state index contributed by atoms with van der Waals surface area (Å²) in [6.45, 7) is 1.99. The molecule has 0 fully saturated rings. The van der Waals surface area contributed by atoms with Gasteiger partial charge in [0.05, 0.1) is 27.9 Å². The number of methoxy groups -OCH3 is 3. The van der Waals surface area contributed by atoms with Crippen LogP contribution in [0.3, 0.4) is 0 Å². The summed E-state index contributed by atoms with van der Waals surface area (Å²) in [5.41, 5.74) is 5.83. The third kappa shape index (κ3) is 6.32. The Labute approximate surface area is 140 Å². The SMILES string of the molecule is COc1cc(SCCCOC(=O)/C=C(/C)N)cc(OC)c1OC. The molecule has 0 saturated carbocycles. The molecule has 128 valence electrons. The first-order valence-electron chi connectivity index (χ1n) is 7.05. The van der Waals surface area contributed by atoms with Crippen molar-refractivity contribution in [1.82, 2.24) is 0 Å². The van der Waals surface area contributed by atoms with Crippen molar-refractivity contribution in [3.8, 4) is 17.2 Å². The molecule has 23 heavy (non-hydrogen) atoms. The Bertz CT molecular complexity index is 530. The van der Waals surface area contributed by atoms with Crippen LogP contribution in [-0.2, 0) is 9.53 Å². The van der Waals surface area contributed by atoms with Gasteiger partial charge in [0.15, 0.2) is 11.5 Å². The van der Waals surface area contributed by atoms with Crippen molar-refractivity contribution in [2.24, 2.45) is 5.73 Å². The summed E-state index contributed by atoms with van der Waals surface area (Å²) in [7, 11) is 4.73. The monoisotopic (exact) mass is 341 g/mol. The largest absolute Gasteiger partial charge is 0.493 e. The highest BCUT2D eigenvalue weighted by Gasteiger charge is 2.13. The second-order valence-electron chi connectivity index (χ2n) is 4.62. The fraction of sp³-hybridized carbons (Fsp3) is 0.438. The Hall–Kier alpha value is -2.02. The Morgan fingerprint density at radius 3 is 2.26 bits per heavy atom. The van der Waals surface area contributed by atoms with E-state index in [4.69, 9.17) is 24.7 Å². The van der Waals surface area contributed by atoms with Crippen molar-refractivity contribution in [2.45, 2.75) is 18.2 Å². The molecular weight excluding hydrogens is 318 g/mol. The fourth-order valence-corrected chi connectivity index (χ4v) is 2.67. The van der Waals surface area contributed by atoms with E-state index >= 15 is 0 Å². The molecule has 0 spiro atoms. The minimum atomic E-state index is -0.414. The molecule has 0 amide bonds. The number of ether oxygens (including phenoxy) is 4. The smallest absolute Gasteiger partial charge is 0.332 e. The number of esters is 1. The molecule has 1 aromatic carbocycles. The highest BCUT2D eigenvalue weighted by molar-refractivity contribution is 7.99. The lowest BCUT2D eigenvalue weighted by molar-refractivity contribution is -0.137. The number of carbonyl (C=O) groups is 1. The maximum absolute atomic E-state index is 11.3.